The predicted molar refractivity (Wildman–Crippen MR) is 53.8 cm³/mol. The minimum atomic E-state index is -0.942. The minimum Gasteiger partial charge on any atom is -0.467 e. The van der Waals surface area contributed by atoms with E-state index >= 15 is 0 Å². The molecule has 0 saturated heterocycles. The van der Waals surface area contributed by atoms with Crippen LogP contribution in [0.5, 0.6) is 0 Å². The van der Waals surface area contributed by atoms with Crippen molar-refractivity contribution in [3.8, 4) is 0 Å². The summed E-state index contributed by atoms with van der Waals surface area (Å²) in [6.07, 6.45) is 5.07. The topological polar surface area (TPSA) is 46.5 Å². The van der Waals surface area contributed by atoms with Crippen LogP contribution >= 0.6 is 0 Å². The third-order valence-corrected chi connectivity index (χ3v) is 3.33. The zero-order valence-electron chi connectivity index (χ0n) is 9.03. The van der Waals surface area contributed by atoms with Crippen LogP contribution in [0.25, 0.3) is 0 Å². The van der Waals surface area contributed by atoms with E-state index in [9.17, 15) is 9.90 Å². The molecular formula is C11H20O3. The SMILES string of the molecule is COC(=O)C(O)C(C)C1CCCCC1. The molecule has 1 aliphatic rings. The fraction of sp³-hybridized carbons (Fsp3) is 0.909. The number of rotatable bonds is 3. The van der Waals surface area contributed by atoms with E-state index in [1.54, 1.807) is 0 Å². The molecule has 0 amide bonds. The second-order valence-corrected chi connectivity index (χ2v) is 4.23. The first-order valence-corrected chi connectivity index (χ1v) is 5.42. The number of methoxy groups -OCH3 is 1. The van der Waals surface area contributed by atoms with Gasteiger partial charge in [0.05, 0.1) is 7.11 Å². The van der Waals surface area contributed by atoms with Crippen molar-refractivity contribution in [3.05, 3.63) is 0 Å². The Morgan fingerprint density at radius 2 is 1.93 bits per heavy atom. The summed E-state index contributed by atoms with van der Waals surface area (Å²) in [6.45, 7) is 1.94. The summed E-state index contributed by atoms with van der Waals surface area (Å²) in [4.78, 5) is 11.1. The van der Waals surface area contributed by atoms with Crippen molar-refractivity contribution in [2.24, 2.45) is 11.8 Å². The van der Waals surface area contributed by atoms with Gasteiger partial charge in [-0.3, -0.25) is 0 Å². The lowest BCUT2D eigenvalue weighted by molar-refractivity contribution is -0.154. The average Bonchev–Trinajstić information content (AvgIpc) is 2.27. The highest BCUT2D eigenvalue weighted by molar-refractivity contribution is 5.74. The molecule has 3 heteroatoms. The summed E-state index contributed by atoms with van der Waals surface area (Å²) in [6, 6.07) is 0. The lowest BCUT2D eigenvalue weighted by Gasteiger charge is -2.29. The van der Waals surface area contributed by atoms with Gasteiger partial charge in [0, 0.05) is 0 Å². The van der Waals surface area contributed by atoms with Crippen LogP contribution in [0.4, 0.5) is 0 Å². The van der Waals surface area contributed by atoms with E-state index in [0.717, 1.165) is 12.8 Å². The molecule has 0 aromatic rings. The highest BCUT2D eigenvalue weighted by Gasteiger charge is 2.30. The normalized spacial score (nSPS) is 22.8. The average molecular weight is 200 g/mol. The molecule has 2 unspecified atom stereocenters. The van der Waals surface area contributed by atoms with Crippen LogP contribution in [0.2, 0.25) is 0 Å². The molecule has 0 aliphatic heterocycles. The number of carbonyl (C=O) groups is 1. The van der Waals surface area contributed by atoms with Crippen molar-refractivity contribution in [2.75, 3.05) is 7.11 Å². The zero-order chi connectivity index (χ0) is 10.6. The lowest BCUT2D eigenvalue weighted by atomic mass is 9.78. The van der Waals surface area contributed by atoms with E-state index in [0.29, 0.717) is 5.92 Å². The highest BCUT2D eigenvalue weighted by atomic mass is 16.5. The Balaban J connectivity index is 2.45. The van der Waals surface area contributed by atoms with Gasteiger partial charge in [0.2, 0.25) is 0 Å². The van der Waals surface area contributed by atoms with Crippen LogP contribution in [0.1, 0.15) is 39.0 Å². The van der Waals surface area contributed by atoms with E-state index < -0.39 is 12.1 Å². The Kier molecular flexibility index (Phi) is 4.39. The standard InChI is InChI=1S/C11H20O3/c1-8(10(12)11(13)14-2)9-6-4-3-5-7-9/h8-10,12H,3-7H2,1-2H3. The molecule has 0 radical (unpaired) electrons. The van der Waals surface area contributed by atoms with Crippen molar-refractivity contribution in [1.82, 2.24) is 0 Å². The molecule has 3 nitrogen and oxygen atoms in total. The molecule has 1 aliphatic carbocycles. The van der Waals surface area contributed by atoms with Gasteiger partial charge in [0.25, 0.3) is 0 Å². The first kappa shape index (κ1) is 11.5. The molecule has 1 fully saturated rings. The Bertz CT molecular complexity index is 185. The largest absolute Gasteiger partial charge is 0.467 e. The smallest absolute Gasteiger partial charge is 0.334 e. The molecular weight excluding hydrogens is 180 g/mol. The number of aliphatic hydroxyl groups excluding tert-OH is 1. The maximum Gasteiger partial charge on any atom is 0.334 e. The van der Waals surface area contributed by atoms with Crippen molar-refractivity contribution in [2.45, 2.75) is 45.1 Å². The molecule has 0 bridgehead atoms. The molecule has 0 heterocycles. The number of ether oxygens (including phenoxy) is 1. The fourth-order valence-corrected chi connectivity index (χ4v) is 2.25. The summed E-state index contributed by atoms with van der Waals surface area (Å²) < 4.78 is 4.54. The third kappa shape index (κ3) is 2.71. The number of hydrogen-bond donors (Lipinski definition) is 1. The summed E-state index contributed by atoms with van der Waals surface area (Å²) in [7, 11) is 1.32. The van der Waals surface area contributed by atoms with Gasteiger partial charge in [0.1, 0.15) is 0 Å². The van der Waals surface area contributed by atoms with Gasteiger partial charge in [-0.15, -0.1) is 0 Å². The number of aliphatic hydroxyl groups is 1. The van der Waals surface area contributed by atoms with Gasteiger partial charge in [-0.1, -0.05) is 39.0 Å². The van der Waals surface area contributed by atoms with E-state index in [4.69, 9.17) is 0 Å². The maximum atomic E-state index is 11.1. The van der Waals surface area contributed by atoms with Crippen LogP contribution in [0.3, 0.4) is 0 Å². The Morgan fingerprint density at radius 1 is 1.36 bits per heavy atom. The zero-order valence-corrected chi connectivity index (χ0v) is 9.03. The van der Waals surface area contributed by atoms with Crippen LogP contribution in [0, 0.1) is 11.8 Å². The summed E-state index contributed by atoms with van der Waals surface area (Å²) in [5, 5.41) is 9.66. The molecule has 0 aromatic heterocycles. The van der Waals surface area contributed by atoms with Gasteiger partial charge in [-0.2, -0.15) is 0 Å². The van der Waals surface area contributed by atoms with Crippen LogP contribution in [-0.2, 0) is 9.53 Å². The quantitative estimate of drug-likeness (QED) is 0.706. The molecule has 1 N–H and O–H groups in total. The predicted octanol–water partition coefficient (Wildman–Crippen LogP) is 1.74. The summed E-state index contributed by atoms with van der Waals surface area (Å²) in [5.74, 6) is 0.0173. The Hall–Kier alpha value is -0.570. The highest BCUT2D eigenvalue weighted by Crippen LogP contribution is 2.31. The second kappa shape index (κ2) is 5.35. The number of esters is 1. The van der Waals surface area contributed by atoms with Gasteiger partial charge >= 0.3 is 5.97 Å². The van der Waals surface area contributed by atoms with Crippen LogP contribution in [0.15, 0.2) is 0 Å². The first-order valence-electron chi connectivity index (χ1n) is 5.42. The molecule has 1 saturated carbocycles. The van der Waals surface area contributed by atoms with Gasteiger partial charge in [-0.05, 0) is 11.8 Å². The summed E-state index contributed by atoms with van der Waals surface area (Å²) >= 11 is 0. The molecule has 14 heavy (non-hydrogen) atoms. The maximum absolute atomic E-state index is 11.1. The van der Waals surface area contributed by atoms with E-state index in [-0.39, 0.29) is 5.92 Å². The van der Waals surface area contributed by atoms with Crippen molar-refractivity contribution >= 4 is 5.97 Å². The third-order valence-electron chi connectivity index (χ3n) is 3.33. The van der Waals surface area contributed by atoms with Gasteiger partial charge < -0.3 is 9.84 Å². The molecule has 0 spiro atoms. The molecule has 82 valence electrons. The van der Waals surface area contributed by atoms with Crippen molar-refractivity contribution < 1.29 is 14.6 Å². The second-order valence-electron chi connectivity index (χ2n) is 4.23. The first-order chi connectivity index (χ1) is 6.66. The van der Waals surface area contributed by atoms with E-state index in [1.807, 2.05) is 6.92 Å². The Morgan fingerprint density at radius 3 is 2.43 bits per heavy atom. The van der Waals surface area contributed by atoms with Crippen LogP contribution < -0.4 is 0 Å². The monoisotopic (exact) mass is 200 g/mol. The van der Waals surface area contributed by atoms with Gasteiger partial charge in [-0.25, -0.2) is 4.79 Å². The van der Waals surface area contributed by atoms with Gasteiger partial charge in [0.15, 0.2) is 6.10 Å². The van der Waals surface area contributed by atoms with E-state index in [2.05, 4.69) is 4.74 Å². The van der Waals surface area contributed by atoms with Crippen molar-refractivity contribution in [3.63, 3.8) is 0 Å². The number of hydrogen-bond acceptors (Lipinski definition) is 3. The minimum absolute atomic E-state index is 0.0303. The van der Waals surface area contributed by atoms with Crippen LogP contribution in [-0.4, -0.2) is 24.3 Å². The fourth-order valence-electron chi connectivity index (χ4n) is 2.25. The summed E-state index contributed by atoms with van der Waals surface area (Å²) in [5.41, 5.74) is 0. The Labute approximate surface area is 85.5 Å². The van der Waals surface area contributed by atoms with E-state index in [1.165, 1.54) is 26.4 Å². The lowest BCUT2D eigenvalue weighted by Crippen LogP contribution is -2.34. The number of carbonyl (C=O) groups excluding carboxylic acids is 1. The molecule has 1 rings (SSSR count). The molecule has 0 aromatic carbocycles. The van der Waals surface area contributed by atoms with Crippen molar-refractivity contribution in [1.29, 1.82) is 0 Å². The molecule has 2 atom stereocenters.